The van der Waals surface area contributed by atoms with E-state index in [4.69, 9.17) is 10.8 Å². The average Bonchev–Trinajstić information content (AvgIpc) is 2.67. The van der Waals surface area contributed by atoms with Gasteiger partial charge in [-0.2, -0.15) is 0 Å². The highest BCUT2D eigenvalue weighted by molar-refractivity contribution is 7.99. The molecule has 0 aliphatic carbocycles. The Kier molecular flexibility index (Phi) is 6.84. The highest BCUT2D eigenvalue weighted by Crippen LogP contribution is 2.41. The van der Waals surface area contributed by atoms with Gasteiger partial charge >= 0.3 is 6.09 Å². The van der Waals surface area contributed by atoms with E-state index in [-0.39, 0.29) is 6.04 Å². The molecule has 1 amide bonds. The van der Waals surface area contributed by atoms with Gasteiger partial charge in [-0.15, -0.1) is 11.8 Å². The molecule has 5 nitrogen and oxygen atoms in total. The van der Waals surface area contributed by atoms with Crippen molar-refractivity contribution in [3.8, 4) is 0 Å². The first kappa shape index (κ1) is 19.5. The Bertz CT molecular complexity index is 566. The summed E-state index contributed by atoms with van der Waals surface area (Å²) in [6, 6.07) is 10.7. The van der Waals surface area contributed by atoms with Crippen LogP contribution in [-0.4, -0.2) is 65.5 Å². The molecule has 2 aliphatic heterocycles. The van der Waals surface area contributed by atoms with Crippen molar-refractivity contribution in [1.29, 1.82) is 0 Å². The van der Waals surface area contributed by atoms with Crippen LogP contribution in [0.1, 0.15) is 32.1 Å². The summed E-state index contributed by atoms with van der Waals surface area (Å²) in [5, 5.41) is 9.11. The molecule has 0 bridgehead atoms. The molecule has 6 heteroatoms. The van der Waals surface area contributed by atoms with Crippen LogP contribution >= 0.6 is 11.8 Å². The largest absolute Gasteiger partial charge is 0.465 e. The summed E-state index contributed by atoms with van der Waals surface area (Å²) < 4.78 is 0. The monoisotopic (exact) mass is 377 g/mol. The van der Waals surface area contributed by atoms with Gasteiger partial charge < -0.3 is 20.6 Å². The zero-order valence-corrected chi connectivity index (χ0v) is 16.3. The lowest BCUT2D eigenvalue weighted by molar-refractivity contribution is 0.0358. The summed E-state index contributed by atoms with van der Waals surface area (Å²) in [6.07, 6.45) is 4.74. The lowest BCUT2D eigenvalue weighted by atomic mass is 9.71. The Hall–Kier alpha value is -1.24. The molecule has 1 spiro atoms. The van der Waals surface area contributed by atoms with Crippen LogP contribution in [0.25, 0.3) is 0 Å². The maximum Gasteiger partial charge on any atom is 0.407 e. The first-order valence-corrected chi connectivity index (χ1v) is 10.7. The molecule has 26 heavy (non-hydrogen) atoms. The van der Waals surface area contributed by atoms with Crippen molar-refractivity contribution < 1.29 is 9.90 Å². The maximum atomic E-state index is 11.1. The number of hydrogen-bond acceptors (Lipinski definition) is 4. The van der Waals surface area contributed by atoms with E-state index in [1.54, 1.807) is 4.90 Å². The standard InChI is InChI=1S/C20H31N3O2S/c21-17(16-26-18-4-2-1-3-5-18)6-11-22-12-7-20(8-13-22)9-14-23(15-10-20)19(24)25/h1-5,17H,6-16,21H2,(H,24,25)/t17-/m1/s1. The van der Waals surface area contributed by atoms with Crippen molar-refractivity contribution in [2.75, 3.05) is 38.5 Å². The van der Waals surface area contributed by atoms with Gasteiger partial charge in [-0.1, -0.05) is 18.2 Å². The van der Waals surface area contributed by atoms with Crippen molar-refractivity contribution in [2.24, 2.45) is 11.1 Å². The molecule has 144 valence electrons. The normalized spacial score (nSPS) is 21.7. The SMILES string of the molecule is N[C@H](CCN1CCC2(CC1)CCN(C(=O)O)CC2)CSc1ccccc1. The third kappa shape index (κ3) is 5.38. The summed E-state index contributed by atoms with van der Waals surface area (Å²) >= 11 is 1.84. The molecule has 2 heterocycles. The molecule has 2 fully saturated rings. The van der Waals surface area contributed by atoms with Crippen molar-refractivity contribution in [1.82, 2.24) is 9.80 Å². The number of hydrogen-bond donors (Lipinski definition) is 2. The summed E-state index contributed by atoms with van der Waals surface area (Å²) in [5.41, 5.74) is 6.69. The summed E-state index contributed by atoms with van der Waals surface area (Å²) in [4.78, 5) is 16.5. The van der Waals surface area contributed by atoms with E-state index >= 15 is 0 Å². The van der Waals surface area contributed by atoms with Gasteiger partial charge in [0, 0.05) is 29.8 Å². The lowest BCUT2D eigenvalue weighted by Crippen LogP contribution is -2.48. The van der Waals surface area contributed by atoms with Crippen LogP contribution < -0.4 is 5.73 Å². The van der Waals surface area contributed by atoms with Gasteiger partial charge in [-0.25, -0.2) is 4.79 Å². The molecule has 0 aromatic heterocycles. The number of nitrogens with two attached hydrogens (primary N) is 1. The van der Waals surface area contributed by atoms with Crippen molar-refractivity contribution >= 4 is 17.9 Å². The molecule has 0 unspecified atom stereocenters. The van der Waals surface area contributed by atoms with Gasteiger partial charge in [0.25, 0.3) is 0 Å². The quantitative estimate of drug-likeness (QED) is 0.744. The Morgan fingerprint density at radius 2 is 1.73 bits per heavy atom. The fourth-order valence-electron chi connectivity index (χ4n) is 4.08. The summed E-state index contributed by atoms with van der Waals surface area (Å²) in [5.74, 6) is 0.965. The molecule has 2 saturated heterocycles. The molecule has 1 aromatic rings. The van der Waals surface area contributed by atoms with E-state index in [2.05, 4.69) is 29.2 Å². The number of carboxylic acid groups (broad SMARTS) is 1. The molecule has 3 N–H and O–H groups in total. The Morgan fingerprint density at radius 1 is 1.12 bits per heavy atom. The number of nitrogens with zero attached hydrogens (tertiary/aromatic N) is 2. The summed E-state index contributed by atoms with van der Waals surface area (Å²) in [7, 11) is 0. The predicted octanol–water partition coefficient (Wildman–Crippen LogP) is 3.35. The number of rotatable bonds is 6. The fourth-order valence-corrected chi connectivity index (χ4v) is 5.00. The van der Waals surface area contributed by atoms with Crippen LogP contribution in [0.15, 0.2) is 35.2 Å². The third-order valence-electron chi connectivity index (χ3n) is 6.03. The Labute approximate surface area is 160 Å². The van der Waals surface area contributed by atoms with Crippen molar-refractivity contribution in [2.45, 2.75) is 43.0 Å². The fraction of sp³-hybridized carbons (Fsp3) is 0.650. The minimum Gasteiger partial charge on any atom is -0.465 e. The second-order valence-electron chi connectivity index (χ2n) is 7.78. The number of benzene rings is 1. The van der Waals surface area contributed by atoms with Crippen LogP contribution in [-0.2, 0) is 0 Å². The first-order chi connectivity index (χ1) is 12.6. The highest BCUT2D eigenvalue weighted by Gasteiger charge is 2.38. The van der Waals surface area contributed by atoms with Crippen LogP contribution in [0.5, 0.6) is 0 Å². The van der Waals surface area contributed by atoms with Gasteiger partial charge in [-0.05, 0) is 69.3 Å². The van der Waals surface area contributed by atoms with E-state index in [9.17, 15) is 4.79 Å². The van der Waals surface area contributed by atoms with Gasteiger partial charge in [0.15, 0.2) is 0 Å². The predicted molar refractivity (Wildman–Crippen MR) is 107 cm³/mol. The molecular formula is C20H31N3O2S. The number of amides is 1. The number of likely N-dealkylation sites (tertiary alicyclic amines) is 2. The minimum absolute atomic E-state index is 0.231. The molecule has 0 radical (unpaired) electrons. The van der Waals surface area contributed by atoms with E-state index in [1.807, 2.05) is 17.8 Å². The molecule has 1 atom stereocenters. The van der Waals surface area contributed by atoms with Gasteiger partial charge in [-0.3, -0.25) is 0 Å². The molecule has 1 aromatic carbocycles. The third-order valence-corrected chi connectivity index (χ3v) is 7.24. The zero-order valence-electron chi connectivity index (χ0n) is 15.5. The van der Waals surface area contributed by atoms with E-state index in [0.29, 0.717) is 18.5 Å². The van der Waals surface area contributed by atoms with E-state index in [1.165, 1.54) is 17.7 Å². The topological polar surface area (TPSA) is 69.8 Å². The van der Waals surface area contributed by atoms with Crippen LogP contribution in [0.4, 0.5) is 4.79 Å². The van der Waals surface area contributed by atoms with Crippen LogP contribution in [0, 0.1) is 5.41 Å². The second-order valence-corrected chi connectivity index (χ2v) is 8.88. The van der Waals surface area contributed by atoms with Gasteiger partial charge in [0.05, 0.1) is 0 Å². The number of carbonyl (C=O) groups is 1. The molecular weight excluding hydrogens is 346 g/mol. The number of piperidine rings is 2. The van der Waals surface area contributed by atoms with Crippen LogP contribution in [0.2, 0.25) is 0 Å². The average molecular weight is 378 g/mol. The molecule has 0 saturated carbocycles. The van der Waals surface area contributed by atoms with Crippen molar-refractivity contribution in [3.63, 3.8) is 0 Å². The smallest absolute Gasteiger partial charge is 0.407 e. The van der Waals surface area contributed by atoms with Crippen molar-refractivity contribution in [3.05, 3.63) is 30.3 Å². The van der Waals surface area contributed by atoms with E-state index in [0.717, 1.165) is 44.6 Å². The highest BCUT2D eigenvalue weighted by atomic mass is 32.2. The van der Waals surface area contributed by atoms with E-state index < -0.39 is 6.09 Å². The molecule has 2 aliphatic rings. The lowest BCUT2D eigenvalue weighted by Gasteiger charge is -2.46. The summed E-state index contributed by atoms with van der Waals surface area (Å²) in [6.45, 7) is 4.75. The Morgan fingerprint density at radius 3 is 2.35 bits per heavy atom. The second kappa shape index (κ2) is 9.11. The van der Waals surface area contributed by atoms with Crippen LogP contribution in [0.3, 0.4) is 0 Å². The van der Waals surface area contributed by atoms with Gasteiger partial charge in [0.1, 0.15) is 0 Å². The Balaban J connectivity index is 1.33. The zero-order chi connectivity index (χ0) is 18.4. The maximum absolute atomic E-state index is 11.1. The number of thioether (sulfide) groups is 1. The minimum atomic E-state index is -0.764. The van der Waals surface area contributed by atoms with Gasteiger partial charge in [0.2, 0.25) is 0 Å². The molecule has 3 rings (SSSR count). The first-order valence-electron chi connectivity index (χ1n) is 9.70.